The van der Waals surface area contributed by atoms with Gasteiger partial charge < -0.3 is 14.4 Å². The van der Waals surface area contributed by atoms with Crippen molar-refractivity contribution in [3.8, 4) is 0 Å². The topological polar surface area (TPSA) is 55.8 Å². The summed E-state index contributed by atoms with van der Waals surface area (Å²) >= 11 is 0. The molecule has 0 radical (unpaired) electrons. The number of esters is 1. The number of carbonyl (C=O) groups excluding carboxylic acids is 2. The lowest BCUT2D eigenvalue weighted by Crippen LogP contribution is -2.50. The van der Waals surface area contributed by atoms with E-state index in [-0.39, 0.29) is 11.5 Å². The van der Waals surface area contributed by atoms with E-state index >= 15 is 0 Å². The maximum atomic E-state index is 14.3. The van der Waals surface area contributed by atoms with Gasteiger partial charge >= 0.3 is 12.1 Å². The van der Waals surface area contributed by atoms with Gasteiger partial charge in [0.1, 0.15) is 11.4 Å². The minimum Gasteiger partial charge on any atom is -0.465 e. The van der Waals surface area contributed by atoms with E-state index in [0.29, 0.717) is 18.7 Å². The Morgan fingerprint density at radius 1 is 1.27 bits per heavy atom. The van der Waals surface area contributed by atoms with Gasteiger partial charge in [0, 0.05) is 19.0 Å². The van der Waals surface area contributed by atoms with E-state index in [1.54, 1.807) is 32.9 Å². The Morgan fingerprint density at radius 2 is 1.91 bits per heavy atom. The monoisotopic (exact) mass is 309 g/mol. The van der Waals surface area contributed by atoms with Crippen LogP contribution in [0, 0.1) is 5.82 Å². The number of carbonyl (C=O) groups is 2. The summed E-state index contributed by atoms with van der Waals surface area (Å²) in [4.78, 5) is 24.9. The lowest BCUT2D eigenvalue weighted by Gasteiger charge is -2.40. The molecule has 1 aliphatic heterocycles. The fraction of sp³-hybridized carbons (Fsp3) is 0.500. The zero-order valence-corrected chi connectivity index (χ0v) is 13.2. The Hall–Kier alpha value is -2.11. The Morgan fingerprint density at radius 3 is 2.45 bits per heavy atom. The highest BCUT2D eigenvalue weighted by molar-refractivity contribution is 5.89. The molecule has 0 atom stereocenters. The van der Waals surface area contributed by atoms with Gasteiger partial charge in [-0.2, -0.15) is 0 Å². The third-order valence-corrected chi connectivity index (χ3v) is 3.41. The summed E-state index contributed by atoms with van der Waals surface area (Å²) in [5.74, 6) is -1.43. The first kappa shape index (κ1) is 16.3. The fourth-order valence-corrected chi connectivity index (χ4v) is 2.28. The number of methoxy groups -OCH3 is 1. The van der Waals surface area contributed by atoms with Crippen molar-refractivity contribution >= 4 is 12.1 Å². The van der Waals surface area contributed by atoms with Crippen LogP contribution in [-0.2, 0) is 9.47 Å². The Balaban J connectivity index is 2.05. The average molecular weight is 309 g/mol. The molecule has 22 heavy (non-hydrogen) atoms. The molecule has 0 saturated carbocycles. The molecule has 0 bridgehead atoms. The number of amides is 1. The maximum Gasteiger partial charge on any atom is 0.410 e. The normalized spacial score (nSPS) is 15.2. The van der Waals surface area contributed by atoms with Crippen molar-refractivity contribution < 1.29 is 23.5 Å². The summed E-state index contributed by atoms with van der Waals surface area (Å²) in [7, 11) is 1.21. The molecule has 0 N–H and O–H groups in total. The highest BCUT2D eigenvalue weighted by Crippen LogP contribution is 2.31. The number of ether oxygens (including phenoxy) is 2. The molecule has 1 fully saturated rings. The second kappa shape index (κ2) is 5.94. The van der Waals surface area contributed by atoms with E-state index in [1.807, 2.05) is 0 Å². The van der Waals surface area contributed by atoms with Crippen LogP contribution in [0.4, 0.5) is 9.18 Å². The number of hydrogen-bond donors (Lipinski definition) is 0. The van der Waals surface area contributed by atoms with Crippen LogP contribution in [-0.4, -0.2) is 42.8 Å². The maximum absolute atomic E-state index is 14.3. The van der Waals surface area contributed by atoms with Crippen LogP contribution in [0.15, 0.2) is 18.2 Å². The Labute approximate surface area is 129 Å². The molecule has 0 unspecified atom stereocenters. The van der Waals surface area contributed by atoms with Crippen LogP contribution in [0.2, 0.25) is 0 Å². The molecule has 120 valence electrons. The Bertz CT molecular complexity index is 588. The average Bonchev–Trinajstić information content (AvgIpc) is 2.36. The number of benzene rings is 1. The standard InChI is InChI=1S/C16H20FNO4/c1-16(2,3)22-15(20)18-8-10(9-18)11-6-5-7-12(13(11)17)14(19)21-4/h5-7,10H,8-9H2,1-4H3. The van der Waals surface area contributed by atoms with Crippen LogP contribution in [0.5, 0.6) is 0 Å². The molecule has 0 aromatic heterocycles. The minimum atomic E-state index is -0.706. The largest absolute Gasteiger partial charge is 0.465 e. The van der Waals surface area contributed by atoms with Gasteiger partial charge in [-0.15, -0.1) is 0 Å². The minimum absolute atomic E-state index is 0.0873. The summed E-state index contributed by atoms with van der Waals surface area (Å²) in [5.41, 5.74) is -0.225. The molecular weight excluding hydrogens is 289 g/mol. The molecule has 0 aliphatic carbocycles. The molecule has 1 amide bonds. The molecule has 1 heterocycles. The lowest BCUT2D eigenvalue weighted by molar-refractivity contribution is 0.00783. The van der Waals surface area contributed by atoms with Gasteiger partial charge in [-0.3, -0.25) is 0 Å². The van der Waals surface area contributed by atoms with E-state index < -0.39 is 23.5 Å². The van der Waals surface area contributed by atoms with Gasteiger partial charge in [0.25, 0.3) is 0 Å². The quantitative estimate of drug-likeness (QED) is 0.788. The molecular formula is C16H20FNO4. The number of nitrogens with zero attached hydrogens (tertiary/aromatic N) is 1. The predicted octanol–water partition coefficient (Wildman–Crippen LogP) is 2.95. The highest BCUT2D eigenvalue weighted by atomic mass is 19.1. The molecule has 1 aliphatic rings. The number of hydrogen-bond acceptors (Lipinski definition) is 4. The van der Waals surface area contributed by atoms with Crippen LogP contribution in [0.3, 0.4) is 0 Å². The highest BCUT2D eigenvalue weighted by Gasteiger charge is 2.36. The van der Waals surface area contributed by atoms with E-state index in [9.17, 15) is 14.0 Å². The Kier molecular flexibility index (Phi) is 4.39. The van der Waals surface area contributed by atoms with Gasteiger partial charge in [0.05, 0.1) is 12.7 Å². The van der Waals surface area contributed by atoms with Gasteiger partial charge in [-0.05, 0) is 32.4 Å². The summed E-state index contributed by atoms with van der Waals surface area (Å²) in [5, 5.41) is 0. The predicted molar refractivity (Wildman–Crippen MR) is 78.3 cm³/mol. The molecule has 1 saturated heterocycles. The van der Waals surface area contributed by atoms with Crippen LogP contribution in [0.25, 0.3) is 0 Å². The van der Waals surface area contributed by atoms with Crippen molar-refractivity contribution in [2.24, 2.45) is 0 Å². The number of likely N-dealkylation sites (tertiary alicyclic amines) is 1. The van der Waals surface area contributed by atoms with E-state index in [0.717, 1.165) is 0 Å². The summed E-state index contributed by atoms with van der Waals surface area (Å²) in [6, 6.07) is 4.62. The van der Waals surface area contributed by atoms with Gasteiger partial charge in [-0.25, -0.2) is 14.0 Å². The zero-order valence-electron chi connectivity index (χ0n) is 13.2. The third kappa shape index (κ3) is 3.37. The van der Waals surface area contributed by atoms with Crippen molar-refractivity contribution in [1.29, 1.82) is 0 Å². The molecule has 5 nitrogen and oxygen atoms in total. The van der Waals surface area contributed by atoms with Gasteiger partial charge in [0.15, 0.2) is 0 Å². The second-order valence-electron chi connectivity index (χ2n) is 6.28. The lowest BCUT2D eigenvalue weighted by atomic mass is 9.90. The van der Waals surface area contributed by atoms with E-state index in [1.165, 1.54) is 18.1 Å². The molecule has 6 heteroatoms. The number of rotatable bonds is 2. The fourth-order valence-electron chi connectivity index (χ4n) is 2.28. The summed E-state index contributed by atoms with van der Waals surface area (Å²) in [6.45, 7) is 6.12. The van der Waals surface area contributed by atoms with Crippen molar-refractivity contribution in [3.63, 3.8) is 0 Å². The van der Waals surface area contributed by atoms with Crippen LogP contribution < -0.4 is 0 Å². The molecule has 1 aromatic rings. The van der Waals surface area contributed by atoms with Crippen molar-refractivity contribution in [1.82, 2.24) is 4.90 Å². The second-order valence-corrected chi connectivity index (χ2v) is 6.28. The SMILES string of the molecule is COC(=O)c1cccc(C2CN(C(=O)OC(C)(C)C)C2)c1F. The summed E-state index contributed by atoms with van der Waals surface area (Å²) < 4.78 is 24.2. The van der Waals surface area contributed by atoms with E-state index in [2.05, 4.69) is 4.74 Å². The van der Waals surface area contributed by atoms with Crippen molar-refractivity contribution in [2.45, 2.75) is 32.3 Å². The van der Waals surface area contributed by atoms with Crippen LogP contribution >= 0.6 is 0 Å². The van der Waals surface area contributed by atoms with Crippen molar-refractivity contribution in [2.75, 3.05) is 20.2 Å². The first-order valence-electron chi connectivity index (χ1n) is 7.07. The first-order valence-corrected chi connectivity index (χ1v) is 7.07. The third-order valence-electron chi connectivity index (χ3n) is 3.41. The zero-order chi connectivity index (χ0) is 16.5. The van der Waals surface area contributed by atoms with Crippen molar-refractivity contribution in [3.05, 3.63) is 35.1 Å². The number of halogens is 1. The molecule has 2 rings (SSSR count). The smallest absolute Gasteiger partial charge is 0.410 e. The van der Waals surface area contributed by atoms with Gasteiger partial charge in [0.2, 0.25) is 0 Å². The van der Waals surface area contributed by atoms with E-state index in [4.69, 9.17) is 4.74 Å². The van der Waals surface area contributed by atoms with Crippen LogP contribution in [0.1, 0.15) is 42.6 Å². The molecule has 0 spiro atoms. The summed E-state index contributed by atoms with van der Waals surface area (Å²) in [6.07, 6.45) is -0.409. The first-order chi connectivity index (χ1) is 10.2. The van der Waals surface area contributed by atoms with Gasteiger partial charge in [-0.1, -0.05) is 12.1 Å². The molecule has 1 aromatic carbocycles.